The minimum atomic E-state index is 0.199. The van der Waals surface area contributed by atoms with Gasteiger partial charge in [0.2, 0.25) is 0 Å². The second kappa shape index (κ2) is 5.15. The molecule has 0 saturated heterocycles. The standard InChI is InChI=1S/C14H17NO2/c1-11(16)9-15(2)8-7-12-10-17-14-6-4-3-5-13(12)14/h3-6,10H,7-9H2,1-2H3. The maximum atomic E-state index is 11.0. The molecule has 1 aromatic carbocycles. The van der Waals surface area contributed by atoms with Gasteiger partial charge in [-0.2, -0.15) is 0 Å². The second-order valence-electron chi connectivity index (χ2n) is 4.45. The number of para-hydroxylation sites is 1. The Morgan fingerprint density at radius 1 is 1.35 bits per heavy atom. The molecular formula is C14H17NO2. The molecule has 0 fully saturated rings. The fourth-order valence-electron chi connectivity index (χ4n) is 2.00. The molecule has 2 rings (SSSR count). The van der Waals surface area contributed by atoms with Gasteiger partial charge in [-0.05, 0) is 32.0 Å². The van der Waals surface area contributed by atoms with Crippen molar-refractivity contribution in [3.8, 4) is 0 Å². The summed E-state index contributed by atoms with van der Waals surface area (Å²) in [5, 5.41) is 1.17. The molecule has 0 spiro atoms. The second-order valence-corrected chi connectivity index (χ2v) is 4.45. The van der Waals surface area contributed by atoms with Gasteiger partial charge in [0.25, 0.3) is 0 Å². The summed E-state index contributed by atoms with van der Waals surface area (Å²) in [6, 6.07) is 8.02. The Bertz CT molecular complexity index is 516. The van der Waals surface area contributed by atoms with Crippen LogP contribution < -0.4 is 0 Å². The first-order chi connectivity index (χ1) is 8.16. The highest BCUT2D eigenvalue weighted by molar-refractivity contribution is 5.81. The molecule has 3 heteroatoms. The van der Waals surface area contributed by atoms with Crippen molar-refractivity contribution in [1.82, 2.24) is 4.90 Å². The Labute approximate surface area is 101 Å². The van der Waals surface area contributed by atoms with E-state index < -0.39 is 0 Å². The Balaban J connectivity index is 2.02. The summed E-state index contributed by atoms with van der Waals surface area (Å²) >= 11 is 0. The Hall–Kier alpha value is -1.61. The molecule has 0 bridgehead atoms. The summed E-state index contributed by atoms with van der Waals surface area (Å²) < 4.78 is 5.48. The minimum Gasteiger partial charge on any atom is -0.464 e. The van der Waals surface area contributed by atoms with E-state index in [1.165, 1.54) is 10.9 Å². The van der Waals surface area contributed by atoms with Gasteiger partial charge >= 0.3 is 0 Å². The molecule has 0 N–H and O–H groups in total. The number of nitrogens with zero attached hydrogens (tertiary/aromatic N) is 1. The number of hydrogen-bond acceptors (Lipinski definition) is 3. The smallest absolute Gasteiger partial charge is 0.143 e. The van der Waals surface area contributed by atoms with E-state index in [1.807, 2.05) is 36.4 Å². The lowest BCUT2D eigenvalue weighted by Gasteiger charge is -2.13. The van der Waals surface area contributed by atoms with Crippen molar-refractivity contribution >= 4 is 16.8 Å². The number of fused-ring (bicyclic) bond motifs is 1. The number of rotatable bonds is 5. The summed E-state index contributed by atoms with van der Waals surface area (Å²) in [5.41, 5.74) is 2.13. The molecule has 0 amide bonds. The third-order valence-electron chi connectivity index (χ3n) is 2.82. The maximum absolute atomic E-state index is 11.0. The van der Waals surface area contributed by atoms with Gasteiger partial charge in [-0.25, -0.2) is 0 Å². The zero-order valence-electron chi connectivity index (χ0n) is 10.3. The molecule has 17 heavy (non-hydrogen) atoms. The average molecular weight is 231 g/mol. The van der Waals surface area contributed by atoms with E-state index >= 15 is 0 Å². The van der Waals surface area contributed by atoms with Gasteiger partial charge in [0.15, 0.2) is 0 Å². The van der Waals surface area contributed by atoms with Crippen molar-refractivity contribution in [1.29, 1.82) is 0 Å². The first-order valence-corrected chi connectivity index (χ1v) is 5.80. The molecular weight excluding hydrogens is 214 g/mol. The Morgan fingerprint density at radius 3 is 2.88 bits per heavy atom. The molecule has 0 aliphatic rings. The van der Waals surface area contributed by atoms with E-state index in [0.717, 1.165) is 18.5 Å². The van der Waals surface area contributed by atoms with E-state index in [4.69, 9.17) is 4.42 Å². The van der Waals surface area contributed by atoms with Crippen LogP contribution in [0.5, 0.6) is 0 Å². The highest BCUT2D eigenvalue weighted by Gasteiger charge is 2.07. The Kier molecular flexibility index (Phi) is 3.59. The van der Waals surface area contributed by atoms with E-state index in [9.17, 15) is 4.79 Å². The van der Waals surface area contributed by atoms with Crippen LogP contribution in [0.2, 0.25) is 0 Å². The summed E-state index contributed by atoms with van der Waals surface area (Å²) in [6.07, 6.45) is 2.72. The SMILES string of the molecule is CC(=O)CN(C)CCc1coc2ccccc12. The van der Waals surface area contributed by atoms with E-state index in [0.29, 0.717) is 6.54 Å². The lowest BCUT2D eigenvalue weighted by Crippen LogP contribution is -2.26. The monoisotopic (exact) mass is 231 g/mol. The van der Waals surface area contributed by atoms with Crippen molar-refractivity contribution in [3.63, 3.8) is 0 Å². The number of benzene rings is 1. The molecule has 0 saturated carbocycles. The summed E-state index contributed by atoms with van der Waals surface area (Å²) in [5.74, 6) is 0.199. The summed E-state index contributed by atoms with van der Waals surface area (Å²) in [7, 11) is 1.96. The first-order valence-electron chi connectivity index (χ1n) is 5.80. The lowest BCUT2D eigenvalue weighted by atomic mass is 10.1. The fourth-order valence-corrected chi connectivity index (χ4v) is 2.00. The van der Waals surface area contributed by atoms with Gasteiger partial charge in [0.05, 0.1) is 12.8 Å². The predicted octanol–water partition coefficient (Wildman–Crippen LogP) is 2.50. The van der Waals surface area contributed by atoms with Crippen molar-refractivity contribution in [2.24, 2.45) is 0 Å². The highest BCUT2D eigenvalue weighted by atomic mass is 16.3. The van der Waals surface area contributed by atoms with Crippen LogP contribution in [0.15, 0.2) is 34.9 Å². The van der Waals surface area contributed by atoms with E-state index in [1.54, 1.807) is 6.92 Å². The molecule has 0 aliphatic heterocycles. The average Bonchev–Trinajstić information content (AvgIpc) is 2.69. The first kappa shape index (κ1) is 11.9. The molecule has 1 aromatic heterocycles. The maximum Gasteiger partial charge on any atom is 0.143 e. The van der Waals surface area contributed by atoms with Crippen LogP contribution in [-0.2, 0) is 11.2 Å². The van der Waals surface area contributed by atoms with Crippen LogP contribution in [0.3, 0.4) is 0 Å². The predicted molar refractivity (Wildman–Crippen MR) is 68.1 cm³/mol. The molecule has 0 radical (unpaired) electrons. The van der Waals surface area contributed by atoms with Crippen molar-refractivity contribution in [2.45, 2.75) is 13.3 Å². The van der Waals surface area contributed by atoms with Crippen LogP contribution in [0.1, 0.15) is 12.5 Å². The number of carbonyl (C=O) groups excluding carboxylic acids is 1. The third kappa shape index (κ3) is 2.94. The number of carbonyl (C=O) groups is 1. The van der Waals surface area contributed by atoms with Crippen molar-refractivity contribution in [3.05, 3.63) is 36.1 Å². The van der Waals surface area contributed by atoms with Crippen LogP contribution in [-0.4, -0.2) is 30.8 Å². The summed E-state index contributed by atoms with van der Waals surface area (Å²) in [6.45, 7) is 2.99. The molecule has 0 atom stereocenters. The van der Waals surface area contributed by atoms with Crippen molar-refractivity contribution in [2.75, 3.05) is 20.1 Å². The lowest BCUT2D eigenvalue weighted by molar-refractivity contribution is -0.117. The van der Waals surface area contributed by atoms with Crippen LogP contribution in [0.4, 0.5) is 0 Å². The van der Waals surface area contributed by atoms with Crippen LogP contribution in [0, 0.1) is 0 Å². The van der Waals surface area contributed by atoms with Gasteiger partial charge in [-0.1, -0.05) is 18.2 Å². The minimum absolute atomic E-state index is 0.199. The number of Topliss-reactive ketones (excluding diaryl/α,β-unsaturated/α-hetero) is 1. The van der Waals surface area contributed by atoms with Crippen LogP contribution in [0.25, 0.3) is 11.0 Å². The molecule has 0 aliphatic carbocycles. The third-order valence-corrected chi connectivity index (χ3v) is 2.82. The largest absolute Gasteiger partial charge is 0.464 e. The van der Waals surface area contributed by atoms with Gasteiger partial charge in [0.1, 0.15) is 11.4 Å². The van der Waals surface area contributed by atoms with E-state index in [2.05, 4.69) is 6.07 Å². The normalized spacial score (nSPS) is 11.2. The molecule has 1 heterocycles. The molecule has 3 nitrogen and oxygen atoms in total. The molecule has 90 valence electrons. The van der Waals surface area contributed by atoms with Crippen LogP contribution >= 0.6 is 0 Å². The zero-order chi connectivity index (χ0) is 12.3. The van der Waals surface area contributed by atoms with Gasteiger partial charge in [0, 0.05) is 11.9 Å². The topological polar surface area (TPSA) is 33.5 Å². The van der Waals surface area contributed by atoms with Gasteiger partial charge < -0.3 is 4.42 Å². The van der Waals surface area contributed by atoms with E-state index in [-0.39, 0.29) is 5.78 Å². The number of likely N-dealkylation sites (N-methyl/N-ethyl adjacent to an activating group) is 1. The number of ketones is 1. The zero-order valence-corrected chi connectivity index (χ0v) is 10.3. The van der Waals surface area contributed by atoms with Gasteiger partial charge in [-0.3, -0.25) is 9.69 Å². The van der Waals surface area contributed by atoms with Crippen molar-refractivity contribution < 1.29 is 9.21 Å². The fraction of sp³-hybridized carbons (Fsp3) is 0.357. The highest BCUT2D eigenvalue weighted by Crippen LogP contribution is 2.20. The Morgan fingerprint density at radius 2 is 2.12 bits per heavy atom. The van der Waals surface area contributed by atoms with Gasteiger partial charge in [-0.15, -0.1) is 0 Å². The molecule has 2 aromatic rings. The quantitative estimate of drug-likeness (QED) is 0.792. The summed E-state index contributed by atoms with van der Waals surface area (Å²) in [4.78, 5) is 13.0. The number of hydrogen-bond donors (Lipinski definition) is 0. The molecule has 0 unspecified atom stereocenters. The number of furan rings is 1.